The van der Waals surface area contributed by atoms with E-state index in [4.69, 9.17) is 9.84 Å². The molecule has 2 rings (SSSR count). The molecule has 2 heterocycles. The number of carboxylic acids is 1. The van der Waals surface area contributed by atoms with Gasteiger partial charge in [-0.3, -0.25) is 0 Å². The number of rotatable bonds is 5. The first-order valence-corrected chi connectivity index (χ1v) is 7.76. The Hall–Kier alpha value is -1.67. The molecular formula is C13H19N3O4S. The lowest BCUT2D eigenvalue weighted by atomic mass is 10.0. The van der Waals surface area contributed by atoms with E-state index < -0.39 is 5.97 Å². The number of hydrogen-bond acceptors (Lipinski definition) is 5. The van der Waals surface area contributed by atoms with Gasteiger partial charge in [0.15, 0.2) is 5.69 Å². The number of hydrogen-bond donors (Lipinski definition) is 3. The molecule has 21 heavy (non-hydrogen) atoms. The van der Waals surface area contributed by atoms with E-state index in [1.54, 1.807) is 0 Å². The monoisotopic (exact) mass is 313 g/mol. The molecule has 1 saturated heterocycles. The van der Waals surface area contributed by atoms with Gasteiger partial charge in [0.05, 0.1) is 11.1 Å². The van der Waals surface area contributed by atoms with E-state index in [9.17, 15) is 9.59 Å². The highest BCUT2D eigenvalue weighted by molar-refractivity contribution is 7.09. The van der Waals surface area contributed by atoms with Gasteiger partial charge in [0.25, 0.3) is 0 Å². The normalized spacial score (nSPS) is 21.8. The van der Waals surface area contributed by atoms with E-state index >= 15 is 0 Å². The van der Waals surface area contributed by atoms with Gasteiger partial charge in [0, 0.05) is 31.0 Å². The summed E-state index contributed by atoms with van der Waals surface area (Å²) in [7, 11) is 0. The van der Waals surface area contributed by atoms with Crippen LogP contribution in [-0.4, -0.2) is 47.4 Å². The highest BCUT2D eigenvalue weighted by atomic mass is 32.1. The molecule has 2 unspecified atom stereocenters. The van der Waals surface area contributed by atoms with Crippen molar-refractivity contribution in [3.05, 3.63) is 16.1 Å². The Morgan fingerprint density at radius 1 is 1.57 bits per heavy atom. The van der Waals surface area contributed by atoms with E-state index in [1.807, 2.05) is 6.92 Å². The van der Waals surface area contributed by atoms with Crippen molar-refractivity contribution in [2.45, 2.75) is 38.3 Å². The maximum Gasteiger partial charge on any atom is 0.355 e. The van der Waals surface area contributed by atoms with Gasteiger partial charge in [-0.15, -0.1) is 11.3 Å². The fourth-order valence-electron chi connectivity index (χ4n) is 2.17. The predicted molar refractivity (Wildman–Crippen MR) is 77.7 cm³/mol. The van der Waals surface area contributed by atoms with Crippen LogP contribution < -0.4 is 10.6 Å². The Balaban J connectivity index is 1.67. The summed E-state index contributed by atoms with van der Waals surface area (Å²) >= 11 is 1.29. The Morgan fingerprint density at radius 2 is 2.38 bits per heavy atom. The van der Waals surface area contributed by atoms with Crippen LogP contribution in [0.4, 0.5) is 4.79 Å². The Morgan fingerprint density at radius 3 is 3.05 bits per heavy atom. The number of thiazole rings is 1. The summed E-state index contributed by atoms with van der Waals surface area (Å²) < 4.78 is 5.42. The molecule has 1 fully saturated rings. The number of carbonyl (C=O) groups excluding carboxylic acids is 1. The molecule has 1 aromatic rings. The number of carboxylic acid groups (broad SMARTS) is 1. The SMILES string of the molecule is CC1CC(NC(=O)NCCc2nc(C(=O)O)cs2)CCO1. The van der Waals surface area contributed by atoms with Crippen molar-refractivity contribution < 1.29 is 19.4 Å². The lowest BCUT2D eigenvalue weighted by Gasteiger charge is -2.27. The van der Waals surface area contributed by atoms with E-state index in [2.05, 4.69) is 15.6 Å². The molecule has 7 nitrogen and oxygen atoms in total. The van der Waals surface area contributed by atoms with Crippen LogP contribution in [0.15, 0.2) is 5.38 Å². The molecule has 0 saturated carbocycles. The molecular weight excluding hydrogens is 294 g/mol. The van der Waals surface area contributed by atoms with Crippen LogP contribution in [-0.2, 0) is 11.2 Å². The number of amides is 2. The number of nitrogens with zero attached hydrogens (tertiary/aromatic N) is 1. The highest BCUT2D eigenvalue weighted by Gasteiger charge is 2.20. The van der Waals surface area contributed by atoms with Gasteiger partial charge in [-0.1, -0.05) is 0 Å². The van der Waals surface area contributed by atoms with Crippen LogP contribution in [0, 0.1) is 0 Å². The molecule has 3 N–H and O–H groups in total. The smallest absolute Gasteiger partial charge is 0.355 e. The maximum atomic E-state index is 11.7. The average molecular weight is 313 g/mol. The quantitative estimate of drug-likeness (QED) is 0.759. The number of urea groups is 1. The number of ether oxygens (including phenoxy) is 1. The van der Waals surface area contributed by atoms with Gasteiger partial charge in [0.2, 0.25) is 0 Å². The van der Waals surface area contributed by atoms with Gasteiger partial charge in [-0.2, -0.15) is 0 Å². The summed E-state index contributed by atoms with van der Waals surface area (Å²) in [5.41, 5.74) is 0.0515. The minimum absolute atomic E-state index is 0.0515. The fourth-order valence-corrected chi connectivity index (χ4v) is 2.94. The first-order valence-electron chi connectivity index (χ1n) is 6.88. The molecule has 0 aromatic carbocycles. The Bertz CT molecular complexity index is 505. The van der Waals surface area contributed by atoms with Crippen LogP contribution in [0.25, 0.3) is 0 Å². The lowest BCUT2D eigenvalue weighted by Crippen LogP contribution is -2.46. The number of carbonyl (C=O) groups is 2. The van der Waals surface area contributed by atoms with Crippen molar-refractivity contribution in [2.75, 3.05) is 13.2 Å². The molecule has 0 bridgehead atoms. The van der Waals surface area contributed by atoms with Crippen molar-refractivity contribution in [1.82, 2.24) is 15.6 Å². The van der Waals surface area contributed by atoms with Crippen molar-refractivity contribution in [2.24, 2.45) is 0 Å². The maximum absolute atomic E-state index is 11.7. The lowest BCUT2D eigenvalue weighted by molar-refractivity contribution is 0.0154. The van der Waals surface area contributed by atoms with Crippen molar-refractivity contribution in [3.63, 3.8) is 0 Å². The molecule has 2 atom stereocenters. The standard InChI is InChI=1S/C13H19N3O4S/c1-8-6-9(3-5-20-8)15-13(19)14-4-2-11-16-10(7-21-11)12(17)18/h7-9H,2-6H2,1H3,(H,17,18)(H2,14,15,19). The molecule has 116 valence electrons. The summed E-state index contributed by atoms with van der Waals surface area (Å²) in [4.78, 5) is 26.4. The van der Waals surface area contributed by atoms with Crippen LogP contribution in [0.3, 0.4) is 0 Å². The van der Waals surface area contributed by atoms with Crippen LogP contribution in [0.2, 0.25) is 0 Å². The zero-order chi connectivity index (χ0) is 15.2. The summed E-state index contributed by atoms with van der Waals surface area (Å²) in [5.74, 6) is -1.03. The zero-order valence-corrected chi connectivity index (χ0v) is 12.6. The van der Waals surface area contributed by atoms with E-state index in [0.29, 0.717) is 24.6 Å². The van der Waals surface area contributed by atoms with Gasteiger partial charge in [-0.25, -0.2) is 14.6 Å². The summed E-state index contributed by atoms with van der Waals surface area (Å²) in [6.07, 6.45) is 2.35. The number of aromatic carboxylic acids is 1. The van der Waals surface area contributed by atoms with Crippen molar-refractivity contribution in [1.29, 1.82) is 0 Å². The Kier molecular flexibility index (Phi) is 5.51. The second-order valence-electron chi connectivity index (χ2n) is 4.98. The van der Waals surface area contributed by atoms with Gasteiger partial charge in [0.1, 0.15) is 0 Å². The first kappa shape index (κ1) is 15.7. The summed E-state index contributed by atoms with van der Waals surface area (Å²) in [6, 6.07) is -0.0589. The van der Waals surface area contributed by atoms with E-state index in [0.717, 1.165) is 12.8 Å². The zero-order valence-electron chi connectivity index (χ0n) is 11.8. The second-order valence-corrected chi connectivity index (χ2v) is 5.93. The number of aromatic nitrogens is 1. The molecule has 1 aromatic heterocycles. The second kappa shape index (κ2) is 7.37. The minimum Gasteiger partial charge on any atom is -0.476 e. The largest absolute Gasteiger partial charge is 0.476 e. The third-order valence-electron chi connectivity index (χ3n) is 3.22. The average Bonchev–Trinajstić information content (AvgIpc) is 2.87. The van der Waals surface area contributed by atoms with Crippen molar-refractivity contribution in [3.8, 4) is 0 Å². The highest BCUT2D eigenvalue weighted by Crippen LogP contribution is 2.13. The van der Waals surface area contributed by atoms with E-state index in [-0.39, 0.29) is 23.9 Å². The van der Waals surface area contributed by atoms with Crippen LogP contribution >= 0.6 is 11.3 Å². The first-order chi connectivity index (χ1) is 10.0. The third-order valence-corrected chi connectivity index (χ3v) is 4.12. The fraction of sp³-hybridized carbons (Fsp3) is 0.615. The topological polar surface area (TPSA) is 101 Å². The Labute approximate surface area is 126 Å². The third kappa shape index (κ3) is 4.98. The number of nitrogens with one attached hydrogen (secondary N) is 2. The van der Waals surface area contributed by atoms with Gasteiger partial charge < -0.3 is 20.5 Å². The molecule has 0 spiro atoms. The minimum atomic E-state index is -1.03. The molecule has 2 amide bonds. The predicted octanol–water partition coefficient (Wildman–Crippen LogP) is 1.25. The van der Waals surface area contributed by atoms with E-state index in [1.165, 1.54) is 16.7 Å². The molecule has 1 aliphatic heterocycles. The summed E-state index contributed by atoms with van der Waals surface area (Å²) in [6.45, 7) is 3.09. The van der Waals surface area contributed by atoms with Gasteiger partial charge in [-0.05, 0) is 19.8 Å². The van der Waals surface area contributed by atoms with Gasteiger partial charge >= 0.3 is 12.0 Å². The summed E-state index contributed by atoms with van der Waals surface area (Å²) in [5, 5.41) is 16.7. The van der Waals surface area contributed by atoms with Crippen LogP contribution in [0.5, 0.6) is 0 Å². The molecule has 0 aliphatic carbocycles. The molecule has 8 heteroatoms. The van der Waals surface area contributed by atoms with Crippen molar-refractivity contribution >= 4 is 23.3 Å². The molecule has 0 radical (unpaired) electrons. The molecule has 1 aliphatic rings. The van der Waals surface area contributed by atoms with Crippen LogP contribution in [0.1, 0.15) is 35.3 Å².